The first-order chi connectivity index (χ1) is 11.1. The summed E-state index contributed by atoms with van der Waals surface area (Å²) in [6, 6.07) is 5.11. The van der Waals surface area contributed by atoms with E-state index < -0.39 is 0 Å². The SMILES string of the molecule is Cc1ccc(C(=O)N2CCC(C(=O)N3CCCC3)CC2)c(O)c1. The van der Waals surface area contributed by atoms with Gasteiger partial charge < -0.3 is 14.9 Å². The lowest BCUT2D eigenvalue weighted by atomic mass is 9.94. The first kappa shape index (κ1) is 15.8. The van der Waals surface area contributed by atoms with Gasteiger partial charge >= 0.3 is 0 Å². The molecule has 124 valence electrons. The van der Waals surface area contributed by atoms with Gasteiger partial charge in [-0.15, -0.1) is 0 Å². The average Bonchev–Trinajstić information content (AvgIpc) is 3.08. The number of piperidine rings is 1. The summed E-state index contributed by atoms with van der Waals surface area (Å²) in [5.41, 5.74) is 1.27. The van der Waals surface area contributed by atoms with Gasteiger partial charge in [0.15, 0.2) is 0 Å². The number of benzene rings is 1. The second-order valence-corrected chi connectivity index (χ2v) is 6.62. The summed E-state index contributed by atoms with van der Waals surface area (Å²) in [7, 11) is 0. The zero-order chi connectivity index (χ0) is 16.4. The Hall–Kier alpha value is -2.04. The number of carbonyl (C=O) groups is 2. The van der Waals surface area contributed by atoms with Crippen molar-refractivity contribution in [2.24, 2.45) is 5.92 Å². The molecule has 2 fully saturated rings. The molecule has 5 nitrogen and oxygen atoms in total. The van der Waals surface area contributed by atoms with Crippen LogP contribution in [0.5, 0.6) is 5.75 Å². The van der Waals surface area contributed by atoms with E-state index in [0.29, 0.717) is 31.5 Å². The molecule has 23 heavy (non-hydrogen) atoms. The Morgan fingerprint density at radius 3 is 2.30 bits per heavy atom. The van der Waals surface area contributed by atoms with E-state index in [1.54, 1.807) is 17.0 Å². The second-order valence-electron chi connectivity index (χ2n) is 6.62. The highest BCUT2D eigenvalue weighted by molar-refractivity contribution is 5.97. The summed E-state index contributed by atoms with van der Waals surface area (Å²) in [5, 5.41) is 9.97. The van der Waals surface area contributed by atoms with Crippen LogP contribution in [0.15, 0.2) is 18.2 Å². The fourth-order valence-corrected chi connectivity index (χ4v) is 3.52. The molecule has 1 N–H and O–H groups in total. The van der Waals surface area contributed by atoms with Crippen LogP contribution in [0.2, 0.25) is 0 Å². The normalized spacial score (nSPS) is 19.2. The van der Waals surface area contributed by atoms with Crippen LogP contribution >= 0.6 is 0 Å². The molecule has 0 saturated carbocycles. The fraction of sp³-hybridized carbons (Fsp3) is 0.556. The molecule has 2 aliphatic heterocycles. The van der Waals surface area contributed by atoms with E-state index in [0.717, 1.165) is 31.5 Å². The Morgan fingerprint density at radius 1 is 1.04 bits per heavy atom. The zero-order valence-electron chi connectivity index (χ0n) is 13.6. The summed E-state index contributed by atoms with van der Waals surface area (Å²) < 4.78 is 0. The second kappa shape index (κ2) is 6.60. The van der Waals surface area contributed by atoms with Crippen molar-refractivity contribution < 1.29 is 14.7 Å². The van der Waals surface area contributed by atoms with Crippen LogP contribution < -0.4 is 0 Å². The van der Waals surface area contributed by atoms with Crippen LogP contribution in [0.1, 0.15) is 41.6 Å². The van der Waals surface area contributed by atoms with E-state index in [-0.39, 0.29) is 23.5 Å². The van der Waals surface area contributed by atoms with Gasteiger partial charge in [0, 0.05) is 32.1 Å². The predicted molar refractivity (Wildman–Crippen MR) is 87.3 cm³/mol. The van der Waals surface area contributed by atoms with E-state index in [2.05, 4.69) is 0 Å². The summed E-state index contributed by atoms with van der Waals surface area (Å²) in [6.07, 6.45) is 3.65. The Morgan fingerprint density at radius 2 is 1.70 bits per heavy atom. The highest BCUT2D eigenvalue weighted by atomic mass is 16.3. The van der Waals surface area contributed by atoms with E-state index in [1.165, 1.54) is 0 Å². The summed E-state index contributed by atoms with van der Waals surface area (Å²) in [5.74, 6) is 0.191. The fourth-order valence-electron chi connectivity index (χ4n) is 3.52. The van der Waals surface area contributed by atoms with E-state index in [4.69, 9.17) is 0 Å². The molecule has 0 radical (unpaired) electrons. The lowest BCUT2D eigenvalue weighted by Crippen LogP contribution is -2.43. The highest BCUT2D eigenvalue weighted by Crippen LogP contribution is 2.25. The molecular weight excluding hydrogens is 292 g/mol. The van der Waals surface area contributed by atoms with Crippen molar-refractivity contribution in [1.29, 1.82) is 0 Å². The summed E-state index contributed by atoms with van der Waals surface area (Å²) >= 11 is 0. The van der Waals surface area contributed by atoms with Crippen LogP contribution in [0, 0.1) is 12.8 Å². The largest absolute Gasteiger partial charge is 0.507 e. The molecule has 0 spiro atoms. The number of carbonyl (C=O) groups excluding carboxylic acids is 2. The van der Waals surface area contributed by atoms with Crippen molar-refractivity contribution in [3.8, 4) is 5.75 Å². The Bertz CT molecular complexity index is 600. The number of aromatic hydroxyl groups is 1. The van der Waals surface area contributed by atoms with E-state index in [9.17, 15) is 14.7 Å². The van der Waals surface area contributed by atoms with Gasteiger partial charge in [0.1, 0.15) is 5.75 Å². The lowest BCUT2D eigenvalue weighted by Gasteiger charge is -2.33. The highest BCUT2D eigenvalue weighted by Gasteiger charge is 2.31. The maximum Gasteiger partial charge on any atom is 0.257 e. The number of rotatable bonds is 2. The number of phenolic OH excluding ortho intramolecular Hbond substituents is 1. The van der Waals surface area contributed by atoms with E-state index in [1.807, 2.05) is 17.9 Å². The molecule has 2 saturated heterocycles. The van der Waals surface area contributed by atoms with Crippen LogP contribution in [0.3, 0.4) is 0 Å². The third-order valence-electron chi connectivity index (χ3n) is 4.93. The van der Waals surface area contributed by atoms with Crippen molar-refractivity contribution in [3.63, 3.8) is 0 Å². The van der Waals surface area contributed by atoms with Crippen molar-refractivity contribution >= 4 is 11.8 Å². The Kier molecular flexibility index (Phi) is 4.55. The van der Waals surface area contributed by atoms with Gasteiger partial charge in [-0.05, 0) is 50.3 Å². The predicted octanol–water partition coefficient (Wildman–Crippen LogP) is 2.18. The number of amides is 2. The van der Waals surface area contributed by atoms with Crippen molar-refractivity contribution in [2.45, 2.75) is 32.6 Å². The van der Waals surface area contributed by atoms with E-state index >= 15 is 0 Å². The number of aryl methyl sites for hydroxylation is 1. The number of phenols is 1. The van der Waals surface area contributed by atoms with Crippen LogP contribution in [0.25, 0.3) is 0 Å². The third kappa shape index (κ3) is 3.33. The minimum Gasteiger partial charge on any atom is -0.507 e. The molecule has 0 atom stereocenters. The minimum absolute atomic E-state index is 0.0327. The molecule has 0 aromatic heterocycles. The van der Waals surface area contributed by atoms with Gasteiger partial charge in [-0.1, -0.05) is 6.07 Å². The van der Waals surface area contributed by atoms with Crippen molar-refractivity contribution in [3.05, 3.63) is 29.3 Å². The van der Waals surface area contributed by atoms with Crippen LogP contribution in [-0.4, -0.2) is 52.9 Å². The van der Waals surface area contributed by atoms with Gasteiger partial charge in [0.05, 0.1) is 5.56 Å². The molecule has 5 heteroatoms. The van der Waals surface area contributed by atoms with Crippen molar-refractivity contribution in [1.82, 2.24) is 9.80 Å². The summed E-state index contributed by atoms with van der Waals surface area (Å²) in [6.45, 7) is 4.81. The third-order valence-corrected chi connectivity index (χ3v) is 4.93. The lowest BCUT2D eigenvalue weighted by molar-refractivity contribution is -0.135. The number of likely N-dealkylation sites (tertiary alicyclic amines) is 2. The molecule has 1 aromatic carbocycles. The topological polar surface area (TPSA) is 60.9 Å². The molecule has 2 heterocycles. The maximum absolute atomic E-state index is 12.5. The molecule has 1 aromatic rings. The van der Waals surface area contributed by atoms with Gasteiger partial charge in [0.25, 0.3) is 5.91 Å². The van der Waals surface area contributed by atoms with Gasteiger partial charge in [-0.3, -0.25) is 9.59 Å². The number of hydrogen-bond acceptors (Lipinski definition) is 3. The van der Waals surface area contributed by atoms with Crippen molar-refractivity contribution in [2.75, 3.05) is 26.2 Å². The Labute approximate surface area is 136 Å². The monoisotopic (exact) mass is 316 g/mol. The first-order valence-electron chi connectivity index (χ1n) is 8.44. The summed E-state index contributed by atoms with van der Waals surface area (Å²) in [4.78, 5) is 28.7. The maximum atomic E-state index is 12.5. The smallest absolute Gasteiger partial charge is 0.257 e. The molecule has 2 amide bonds. The standard InChI is InChI=1S/C18H24N2O3/c1-13-4-5-15(16(21)12-13)18(23)20-10-6-14(7-11-20)17(22)19-8-2-3-9-19/h4-5,12,14,21H,2-3,6-11H2,1H3. The molecule has 0 bridgehead atoms. The molecule has 3 rings (SSSR count). The number of hydrogen-bond donors (Lipinski definition) is 1. The van der Waals surface area contributed by atoms with Gasteiger partial charge in [0.2, 0.25) is 5.91 Å². The molecule has 2 aliphatic rings. The first-order valence-corrected chi connectivity index (χ1v) is 8.44. The van der Waals surface area contributed by atoms with Crippen LogP contribution in [0.4, 0.5) is 0 Å². The van der Waals surface area contributed by atoms with Gasteiger partial charge in [-0.25, -0.2) is 0 Å². The average molecular weight is 316 g/mol. The number of nitrogens with zero attached hydrogens (tertiary/aromatic N) is 2. The molecule has 0 aliphatic carbocycles. The minimum atomic E-state index is -0.144. The zero-order valence-corrected chi connectivity index (χ0v) is 13.6. The molecule has 0 unspecified atom stereocenters. The quantitative estimate of drug-likeness (QED) is 0.909. The molecular formula is C18H24N2O3. The van der Waals surface area contributed by atoms with Crippen LogP contribution in [-0.2, 0) is 4.79 Å². The Balaban J connectivity index is 1.60. The van der Waals surface area contributed by atoms with Gasteiger partial charge in [-0.2, -0.15) is 0 Å².